The van der Waals surface area contributed by atoms with Crippen molar-refractivity contribution < 1.29 is 9.63 Å². The number of fused-ring (bicyclic) bond motifs is 1. The van der Waals surface area contributed by atoms with Gasteiger partial charge in [-0.15, -0.1) is 4.73 Å². The van der Waals surface area contributed by atoms with Crippen LogP contribution in [0, 0.1) is 13.8 Å². The van der Waals surface area contributed by atoms with Gasteiger partial charge < -0.3 is 24.9 Å². The van der Waals surface area contributed by atoms with Crippen LogP contribution in [0.1, 0.15) is 34.5 Å². The second-order valence-electron chi connectivity index (χ2n) is 9.70. The van der Waals surface area contributed by atoms with Crippen LogP contribution in [0.5, 0.6) is 0 Å². The molecule has 0 unspecified atom stereocenters. The normalized spacial score (nSPS) is 13.7. The van der Waals surface area contributed by atoms with E-state index < -0.39 is 0 Å². The highest BCUT2D eigenvalue weighted by atomic mass is 16.6. The van der Waals surface area contributed by atoms with Gasteiger partial charge in [0.25, 0.3) is 11.5 Å². The number of carbonyl (C=O) groups excluding carboxylic acids is 1. The van der Waals surface area contributed by atoms with E-state index in [4.69, 9.17) is 9.82 Å². The third-order valence-corrected chi connectivity index (χ3v) is 7.02. The molecule has 1 aliphatic heterocycles. The highest BCUT2D eigenvalue weighted by Gasteiger charge is 2.19. The summed E-state index contributed by atoms with van der Waals surface area (Å²) in [4.78, 5) is 42.6. The molecule has 2 N–H and O–H groups in total. The Hall–Kier alpha value is -4.18. The molecule has 0 atom stereocenters. The number of hydrogen-bond donors (Lipinski definition) is 2. The van der Waals surface area contributed by atoms with Crippen molar-refractivity contribution in [1.29, 1.82) is 0 Å². The van der Waals surface area contributed by atoms with Gasteiger partial charge in [-0.05, 0) is 63.0 Å². The van der Waals surface area contributed by atoms with Crippen LogP contribution in [0.15, 0.2) is 47.4 Å². The quantitative estimate of drug-likeness (QED) is 0.372. The predicted octanol–water partition coefficient (Wildman–Crippen LogP) is 3.04. The minimum Gasteiger partial charge on any atom is -0.412 e. The standard InChI is InChI=1S/C28H33N7O3/c1-18-8-7-9-19(2)24(18)25-21-10-11-23(36)35(38-4)26(21)32-28(31-25)30-20-16-22(33(3)17-20)27(37)29-12-15-34-13-5-6-14-34/h7-11,16-17H,5-6,12-15H2,1-4H3,(H,29,37)(H,30,31,32). The number of aromatic nitrogens is 4. The Morgan fingerprint density at radius 1 is 1.08 bits per heavy atom. The van der Waals surface area contributed by atoms with Crippen molar-refractivity contribution in [1.82, 2.24) is 29.5 Å². The van der Waals surface area contributed by atoms with Crippen molar-refractivity contribution >= 4 is 28.6 Å². The number of rotatable bonds is 8. The SMILES string of the molecule is COn1c(=O)ccc2c(-c3c(C)cccc3C)nc(Nc3cc(C(=O)NCCN4CCCC4)n(C)c3)nc21. The molecule has 0 bridgehead atoms. The van der Waals surface area contributed by atoms with Gasteiger partial charge in [0.1, 0.15) is 12.8 Å². The molecule has 3 aromatic heterocycles. The lowest BCUT2D eigenvalue weighted by molar-refractivity contribution is 0.0941. The molecular weight excluding hydrogens is 482 g/mol. The van der Waals surface area contributed by atoms with Gasteiger partial charge in [-0.2, -0.15) is 4.98 Å². The minimum absolute atomic E-state index is 0.136. The van der Waals surface area contributed by atoms with Crippen molar-refractivity contribution in [2.24, 2.45) is 7.05 Å². The van der Waals surface area contributed by atoms with Crippen LogP contribution in [-0.4, -0.2) is 63.4 Å². The maximum absolute atomic E-state index is 12.9. The zero-order chi connectivity index (χ0) is 26.8. The molecule has 10 heteroatoms. The number of carbonyl (C=O) groups is 1. The maximum Gasteiger partial charge on any atom is 0.285 e. The molecular formula is C28H33N7O3. The Balaban J connectivity index is 1.48. The number of amides is 1. The van der Waals surface area contributed by atoms with E-state index in [2.05, 4.69) is 20.5 Å². The summed E-state index contributed by atoms with van der Waals surface area (Å²) in [5.74, 6) is 0.154. The molecule has 1 fully saturated rings. The van der Waals surface area contributed by atoms with Crippen molar-refractivity contribution in [2.45, 2.75) is 26.7 Å². The summed E-state index contributed by atoms with van der Waals surface area (Å²) in [5.41, 5.74) is 4.97. The third kappa shape index (κ3) is 4.99. The average Bonchev–Trinajstić information content (AvgIpc) is 3.53. The molecule has 1 aliphatic rings. The van der Waals surface area contributed by atoms with Crippen molar-refractivity contribution in [3.8, 4) is 11.3 Å². The lowest BCUT2D eigenvalue weighted by atomic mass is 9.98. The zero-order valence-corrected chi connectivity index (χ0v) is 22.2. The monoisotopic (exact) mass is 515 g/mol. The van der Waals surface area contributed by atoms with E-state index >= 15 is 0 Å². The van der Waals surface area contributed by atoms with E-state index in [9.17, 15) is 9.59 Å². The number of nitrogens with one attached hydrogen (secondary N) is 2. The first-order chi connectivity index (χ1) is 18.4. The first kappa shape index (κ1) is 25.5. The molecule has 0 saturated carbocycles. The summed E-state index contributed by atoms with van der Waals surface area (Å²) in [6, 6.07) is 11.0. The molecule has 1 aromatic carbocycles. The number of likely N-dealkylation sites (tertiary alicyclic amines) is 1. The van der Waals surface area contributed by atoms with Crippen LogP contribution in [0.25, 0.3) is 22.3 Å². The van der Waals surface area contributed by atoms with Crippen LogP contribution in [0.3, 0.4) is 0 Å². The first-order valence-corrected chi connectivity index (χ1v) is 12.8. The van der Waals surface area contributed by atoms with E-state index in [0.717, 1.165) is 41.1 Å². The van der Waals surface area contributed by atoms with Gasteiger partial charge in [0.05, 0.1) is 11.4 Å². The van der Waals surface area contributed by atoms with Gasteiger partial charge in [-0.3, -0.25) is 9.59 Å². The fourth-order valence-corrected chi connectivity index (χ4v) is 5.12. The Labute approximate surface area is 221 Å². The van der Waals surface area contributed by atoms with E-state index in [1.807, 2.05) is 45.3 Å². The molecule has 38 heavy (non-hydrogen) atoms. The Morgan fingerprint density at radius 3 is 2.53 bits per heavy atom. The highest BCUT2D eigenvalue weighted by molar-refractivity contribution is 5.95. The summed E-state index contributed by atoms with van der Waals surface area (Å²) in [7, 11) is 3.26. The summed E-state index contributed by atoms with van der Waals surface area (Å²) < 4.78 is 2.93. The first-order valence-electron chi connectivity index (χ1n) is 12.8. The Kier molecular flexibility index (Phi) is 7.15. The molecule has 1 amide bonds. The van der Waals surface area contributed by atoms with Crippen molar-refractivity contribution in [3.63, 3.8) is 0 Å². The molecule has 0 spiro atoms. The number of pyridine rings is 1. The van der Waals surface area contributed by atoms with E-state index in [0.29, 0.717) is 34.7 Å². The summed E-state index contributed by atoms with van der Waals surface area (Å²) >= 11 is 0. The molecule has 1 saturated heterocycles. The maximum atomic E-state index is 12.9. The molecule has 5 rings (SSSR count). The van der Waals surface area contributed by atoms with Gasteiger partial charge >= 0.3 is 0 Å². The van der Waals surface area contributed by atoms with E-state index in [1.165, 1.54) is 26.0 Å². The molecule has 0 aliphatic carbocycles. The van der Waals surface area contributed by atoms with Gasteiger partial charge in [-0.1, -0.05) is 18.2 Å². The van der Waals surface area contributed by atoms with Crippen molar-refractivity contribution in [2.75, 3.05) is 38.6 Å². The number of nitrogens with zero attached hydrogens (tertiary/aromatic N) is 5. The fraction of sp³-hybridized carbons (Fsp3) is 0.357. The molecule has 0 radical (unpaired) electrons. The predicted molar refractivity (Wildman–Crippen MR) is 148 cm³/mol. The fourth-order valence-electron chi connectivity index (χ4n) is 5.12. The Bertz CT molecular complexity index is 1530. The summed E-state index contributed by atoms with van der Waals surface area (Å²) in [6.45, 7) is 7.72. The lowest BCUT2D eigenvalue weighted by Crippen LogP contribution is -2.34. The Morgan fingerprint density at radius 2 is 1.82 bits per heavy atom. The molecule has 198 valence electrons. The smallest absolute Gasteiger partial charge is 0.285 e. The second kappa shape index (κ2) is 10.7. The van der Waals surface area contributed by atoms with Crippen LogP contribution < -0.4 is 21.0 Å². The number of aryl methyl sites for hydroxylation is 3. The number of anilines is 2. The largest absolute Gasteiger partial charge is 0.412 e. The molecule has 10 nitrogen and oxygen atoms in total. The summed E-state index contributed by atoms with van der Waals surface area (Å²) in [5, 5.41) is 6.94. The number of hydrogen-bond acceptors (Lipinski definition) is 7. The third-order valence-electron chi connectivity index (χ3n) is 7.02. The van der Waals surface area contributed by atoms with Crippen LogP contribution >= 0.6 is 0 Å². The van der Waals surface area contributed by atoms with Crippen LogP contribution in [0.4, 0.5) is 11.6 Å². The minimum atomic E-state index is -0.329. The van der Waals surface area contributed by atoms with Crippen molar-refractivity contribution in [3.05, 3.63) is 69.8 Å². The molecule has 4 heterocycles. The van der Waals surface area contributed by atoms with Gasteiger partial charge in [0, 0.05) is 43.4 Å². The highest BCUT2D eigenvalue weighted by Crippen LogP contribution is 2.32. The molecule has 4 aromatic rings. The lowest BCUT2D eigenvalue weighted by Gasteiger charge is -2.15. The van der Waals surface area contributed by atoms with Gasteiger partial charge in [0.2, 0.25) is 5.95 Å². The van der Waals surface area contributed by atoms with Crippen LogP contribution in [0.2, 0.25) is 0 Å². The van der Waals surface area contributed by atoms with Gasteiger partial charge in [0.15, 0.2) is 5.65 Å². The zero-order valence-electron chi connectivity index (χ0n) is 22.2. The summed E-state index contributed by atoms with van der Waals surface area (Å²) in [6.07, 6.45) is 4.27. The topological polar surface area (TPSA) is 106 Å². The van der Waals surface area contributed by atoms with E-state index in [-0.39, 0.29) is 17.4 Å². The average molecular weight is 516 g/mol. The second-order valence-corrected chi connectivity index (χ2v) is 9.70. The van der Waals surface area contributed by atoms with Crippen LogP contribution in [-0.2, 0) is 7.05 Å². The van der Waals surface area contributed by atoms with Gasteiger partial charge in [-0.25, -0.2) is 4.98 Å². The number of benzene rings is 1. The van der Waals surface area contributed by atoms with E-state index in [1.54, 1.807) is 16.7 Å².